The van der Waals surface area contributed by atoms with E-state index in [0.717, 1.165) is 48.6 Å². The van der Waals surface area contributed by atoms with Gasteiger partial charge >= 0.3 is 0 Å². The zero-order valence-corrected chi connectivity index (χ0v) is 20.4. The Bertz CT molecular complexity index is 811. The molecule has 0 radical (unpaired) electrons. The number of hydrogen-bond acceptors (Lipinski definition) is 5. The van der Waals surface area contributed by atoms with E-state index in [4.69, 9.17) is 14.5 Å². The van der Waals surface area contributed by atoms with Crippen molar-refractivity contribution < 1.29 is 9.47 Å². The van der Waals surface area contributed by atoms with Crippen LogP contribution in [0.2, 0.25) is 0 Å². The first-order valence-electron chi connectivity index (χ1n) is 10.4. The van der Waals surface area contributed by atoms with E-state index in [2.05, 4.69) is 32.3 Å². The highest BCUT2D eigenvalue weighted by Crippen LogP contribution is 2.26. The molecule has 0 spiro atoms. The van der Waals surface area contributed by atoms with E-state index in [-0.39, 0.29) is 30.1 Å². The topological polar surface area (TPSA) is 85.6 Å². The summed E-state index contributed by atoms with van der Waals surface area (Å²) in [5.41, 5.74) is 0. The summed E-state index contributed by atoms with van der Waals surface area (Å²) >= 11 is 0. The van der Waals surface area contributed by atoms with Gasteiger partial charge in [0.2, 0.25) is 0 Å². The second-order valence-corrected chi connectivity index (χ2v) is 7.15. The molecule has 2 aromatic rings. The van der Waals surface area contributed by atoms with Crippen molar-refractivity contribution in [1.82, 2.24) is 25.4 Å². The molecule has 30 heavy (non-hydrogen) atoms. The molecule has 0 saturated heterocycles. The first kappa shape index (κ1) is 24.2. The molecule has 166 valence electrons. The van der Waals surface area contributed by atoms with E-state index >= 15 is 0 Å². The first-order chi connectivity index (χ1) is 14.2. The Morgan fingerprint density at radius 3 is 2.73 bits per heavy atom. The summed E-state index contributed by atoms with van der Waals surface area (Å²) in [5.74, 6) is 4.22. The van der Waals surface area contributed by atoms with Crippen molar-refractivity contribution >= 4 is 29.9 Å². The quantitative estimate of drug-likeness (QED) is 0.311. The molecule has 0 aliphatic carbocycles. The number of rotatable bonds is 8. The molecule has 0 fully saturated rings. The van der Waals surface area contributed by atoms with E-state index in [9.17, 15) is 0 Å². The fourth-order valence-corrected chi connectivity index (χ4v) is 3.37. The lowest BCUT2D eigenvalue weighted by Crippen LogP contribution is -2.41. The van der Waals surface area contributed by atoms with Gasteiger partial charge in [0.25, 0.3) is 0 Å². The van der Waals surface area contributed by atoms with Gasteiger partial charge in [-0.05, 0) is 38.8 Å². The minimum absolute atomic E-state index is 0. The number of nitrogens with zero attached hydrogens (tertiary/aromatic N) is 4. The van der Waals surface area contributed by atoms with Crippen molar-refractivity contribution in [2.75, 3.05) is 20.2 Å². The lowest BCUT2D eigenvalue weighted by atomic mass is 10.2. The van der Waals surface area contributed by atoms with Crippen LogP contribution in [0.5, 0.6) is 11.5 Å². The predicted molar refractivity (Wildman–Crippen MR) is 129 cm³/mol. The normalized spacial score (nSPS) is 14.7. The van der Waals surface area contributed by atoms with Crippen LogP contribution in [0.25, 0.3) is 0 Å². The predicted octanol–water partition coefficient (Wildman–Crippen LogP) is 3.15. The molecule has 1 aromatic carbocycles. The number of guanidine groups is 1. The van der Waals surface area contributed by atoms with Crippen molar-refractivity contribution in [2.24, 2.45) is 4.99 Å². The van der Waals surface area contributed by atoms with Crippen LogP contribution in [0.3, 0.4) is 0 Å². The van der Waals surface area contributed by atoms with Crippen LogP contribution >= 0.6 is 24.0 Å². The maximum absolute atomic E-state index is 6.01. The number of para-hydroxylation sites is 2. The molecule has 2 heterocycles. The zero-order chi connectivity index (χ0) is 20.5. The van der Waals surface area contributed by atoms with E-state index in [1.165, 1.54) is 19.3 Å². The van der Waals surface area contributed by atoms with Gasteiger partial charge in [0.05, 0.1) is 13.7 Å². The van der Waals surface area contributed by atoms with Crippen LogP contribution in [0.4, 0.5) is 0 Å². The Balaban J connectivity index is 0.00000320. The zero-order valence-electron chi connectivity index (χ0n) is 18.1. The molecule has 1 aliphatic heterocycles. The van der Waals surface area contributed by atoms with E-state index in [1.54, 1.807) is 7.11 Å². The van der Waals surface area contributed by atoms with Gasteiger partial charge in [-0.2, -0.15) is 0 Å². The summed E-state index contributed by atoms with van der Waals surface area (Å²) in [4.78, 5) is 4.70. The number of aromatic nitrogens is 3. The SMILES string of the molecule is CCNC(=NCc1nnc2n1CCCCC2)NCC(C)Oc1ccccc1OC.I. The number of aliphatic imine (C=N–C) groups is 1. The Morgan fingerprint density at radius 1 is 1.17 bits per heavy atom. The van der Waals surface area contributed by atoms with Gasteiger partial charge in [-0.25, -0.2) is 4.99 Å². The third kappa shape index (κ3) is 6.75. The third-order valence-electron chi connectivity index (χ3n) is 4.86. The number of methoxy groups -OCH3 is 1. The van der Waals surface area contributed by atoms with Crippen LogP contribution in [0, 0.1) is 0 Å². The summed E-state index contributed by atoms with van der Waals surface area (Å²) in [6.07, 6.45) is 4.57. The van der Waals surface area contributed by atoms with Crippen molar-refractivity contribution in [2.45, 2.75) is 58.7 Å². The number of hydrogen-bond donors (Lipinski definition) is 2. The number of nitrogens with one attached hydrogen (secondary N) is 2. The minimum atomic E-state index is -0.0560. The number of aryl methyl sites for hydroxylation is 1. The maximum Gasteiger partial charge on any atom is 0.191 e. The van der Waals surface area contributed by atoms with Gasteiger partial charge in [0.1, 0.15) is 18.5 Å². The van der Waals surface area contributed by atoms with Crippen LogP contribution in [-0.2, 0) is 19.5 Å². The van der Waals surface area contributed by atoms with Gasteiger partial charge in [-0.15, -0.1) is 34.2 Å². The molecule has 1 atom stereocenters. The van der Waals surface area contributed by atoms with Gasteiger partial charge in [0.15, 0.2) is 23.3 Å². The second-order valence-electron chi connectivity index (χ2n) is 7.15. The van der Waals surface area contributed by atoms with Gasteiger partial charge in [0, 0.05) is 19.5 Å². The average molecular weight is 528 g/mol. The number of fused-ring (bicyclic) bond motifs is 1. The highest BCUT2D eigenvalue weighted by Gasteiger charge is 2.14. The lowest BCUT2D eigenvalue weighted by Gasteiger charge is -2.19. The van der Waals surface area contributed by atoms with Crippen LogP contribution < -0.4 is 20.1 Å². The fraction of sp³-hybridized carbons (Fsp3) is 0.571. The maximum atomic E-state index is 6.01. The second kappa shape index (κ2) is 12.6. The van der Waals surface area contributed by atoms with Crippen molar-refractivity contribution in [1.29, 1.82) is 0 Å². The molecule has 1 aliphatic rings. The largest absolute Gasteiger partial charge is 0.493 e. The molecule has 0 saturated carbocycles. The molecule has 3 rings (SSSR count). The standard InChI is InChI=1S/C21H32N6O2.HI/c1-4-22-21(23-14-16(2)29-18-11-8-7-10-17(18)28-3)24-15-20-26-25-19-12-6-5-9-13-27(19)20;/h7-8,10-11,16H,4-6,9,12-15H2,1-3H3,(H2,22,23,24);1H. The lowest BCUT2D eigenvalue weighted by molar-refractivity contribution is 0.213. The van der Waals surface area contributed by atoms with E-state index in [0.29, 0.717) is 13.1 Å². The van der Waals surface area contributed by atoms with Gasteiger partial charge in [-0.3, -0.25) is 0 Å². The molecule has 1 aromatic heterocycles. The number of ether oxygens (including phenoxy) is 2. The molecule has 2 N–H and O–H groups in total. The van der Waals surface area contributed by atoms with E-state index in [1.807, 2.05) is 31.2 Å². The third-order valence-corrected chi connectivity index (χ3v) is 4.86. The number of benzene rings is 1. The number of halogens is 1. The molecule has 8 nitrogen and oxygen atoms in total. The highest BCUT2D eigenvalue weighted by molar-refractivity contribution is 14.0. The van der Waals surface area contributed by atoms with E-state index < -0.39 is 0 Å². The van der Waals surface area contributed by atoms with Crippen LogP contribution in [0.15, 0.2) is 29.3 Å². The highest BCUT2D eigenvalue weighted by atomic mass is 127. The Kier molecular flexibility index (Phi) is 10.2. The molecule has 1 unspecified atom stereocenters. The molecular weight excluding hydrogens is 495 g/mol. The van der Waals surface area contributed by atoms with Crippen molar-refractivity contribution in [3.8, 4) is 11.5 Å². The van der Waals surface area contributed by atoms with Crippen LogP contribution in [-0.4, -0.2) is 47.0 Å². The van der Waals surface area contributed by atoms with Gasteiger partial charge < -0.3 is 24.7 Å². The Morgan fingerprint density at radius 2 is 1.97 bits per heavy atom. The average Bonchev–Trinajstić information content (AvgIpc) is 2.96. The van der Waals surface area contributed by atoms with Crippen molar-refractivity contribution in [3.63, 3.8) is 0 Å². The van der Waals surface area contributed by atoms with Crippen LogP contribution in [0.1, 0.15) is 44.8 Å². The molecule has 0 amide bonds. The summed E-state index contributed by atoms with van der Waals surface area (Å²) in [7, 11) is 1.65. The summed E-state index contributed by atoms with van der Waals surface area (Å²) in [6, 6.07) is 7.66. The minimum Gasteiger partial charge on any atom is -0.493 e. The van der Waals surface area contributed by atoms with Crippen molar-refractivity contribution in [3.05, 3.63) is 35.9 Å². The Hall–Kier alpha value is -2.04. The summed E-state index contributed by atoms with van der Waals surface area (Å²) in [5, 5.41) is 15.3. The molecular formula is C21H33IN6O2. The Labute approximate surface area is 195 Å². The molecule has 9 heteroatoms. The fourth-order valence-electron chi connectivity index (χ4n) is 3.37. The summed E-state index contributed by atoms with van der Waals surface area (Å²) < 4.78 is 13.6. The van der Waals surface area contributed by atoms with Gasteiger partial charge in [-0.1, -0.05) is 18.6 Å². The monoisotopic (exact) mass is 528 g/mol. The summed E-state index contributed by atoms with van der Waals surface area (Å²) in [6.45, 7) is 6.95. The smallest absolute Gasteiger partial charge is 0.191 e. The first-order valence-corrected chi connectivity index (χ1v) is 10.4. The molecule has 0 bridgehead atoms.